The molecule has 1 aromatic carbocycles. The summed E-state index contributed by atoms with van der Waals surface area (Å²) >= 11 is 0. The van der Waals surface area contributed by atoms with Gasteiger partial charge in [0.1, 0.15) is 17.3 Å². The number of benzene rings is 1. The molecule has 1 saturated heterocycles. The average molecular weight is 329 g/mol. The molecule has 1 heterocycles. The Morgan fingerprint density at radius 3 is 2.82 bits per heavy atom. The van der Waals surface area contributed by atoms with Gasteiger partial charge in [-0.3, -0.25) is 0 Å². The normalized spacial score (nSPS) is 19.4. The molecular weight excluding hydrogens is 310 g/mol. The van der Waals surface area contributed by atoms with Crippen LogP contribution < -0.4 is 0 Å². The van der Waals surface area contributed by atoms with Crippen LogP contribution in [0, 0.1) is 6.92 Å². The van der Waals surface area contributed by atoms with E-state index in [2.05, 4.69) is 0 Å². The van der Waals surface area contributed by atoms with Gasteiger partial charge in [-0.25, -0.2) is 13.2 Å². The summed E-state index contributed by atoms with van der Waals surface area (Å²) in [4.78, 5) is 10.4. The minimum absolute atomic E-state index is 0.0260. The van der Waals surface area contributed by atoms with Crippen molar-refractivity contribution in [3.8, 4) is 5.75 Å². The molecule has 0 bridgehead atoms. The minimum Gasteiger partial charge on any atom is -0.507 e. The van der Waals surface area contributed by atoms with Crippen molar-refractivity contribution in [2.24, 2.45) is 0 Å². The number of carbonyl (C=O) groups is 1. The van der Waals surface area contributed by atoms with E-state index in [0.29, 0.717) is 24.9 Å². The standard InChI is InChI=1S/C14H19NO6S/c1-10-4-2-6-12(16)14(10)22(19,20)15-7-3-5-11(15)8-21-9-13(17)18/h2,4,6,11,16H,3,5,7-9H2,1H3,(H,17,18). The van der Waals surface area contributed by atoms with Gasteiger partial charge >= 0.3 is 5.97 Å². The van der Waals surface area contributed by atoms with E-state index in [1.54, 1.807) is 19.1 Å². The topological polar surface area (TPSA) is 104 Å². The number of phenolic OH excluding ortho intramolecular Hbond substituents is 1. The van der Waals surface area contributed by atoms with Gasteiger partial charge in [-0.15, -0.1) is 0 Å². The van der Waals surface area contributed by atoms with Crippen molar-refractivity contribution < 1.29 is 28.2 Å². The van der Waals surface area contributed by atoms with Crippen molar-refractivity contribution in [2.45, 2.75) is 30.7 Å². The zero-order valence-electron chi connectivity index (χ0n) is 12.2. The Kier molecular flexibility index (Phi) is 5.05. The number of aryl methyl sites for hydroxylation is 1. The number of nitrogens with zero attached hydrogens (tertiary/aromatic N) is 1. The first kappa shape index (κ1) is 16.7. The fourth-order valence-corrected chi connectivity index (χ4v) is 4.63. The predicted molar refractivity (Wildman–Crippen MR) is 78.2 cm³/mol. The van der Waals surface area contributed by atoms with E-state index < -0.39 is 28.6 Å². The lowest BCUT2D eigenvalue weighted by Crippen LogP contribution is -2.38. The smallest absolute Gasteiger partial charge is 0.329 e. The number of aromatic hydroxyl groups is 1. The lowest BCUT2D eigenvalue weighted by molar-refractivity contribution is -0.142. The number of rotatable bonds is 6. The minimum atomic E-state index is -3.84. The number of hydrogen-bond donors (Lipinski definition) is 2. The van der Waals surface area contributed by atoms with Crippen molar-refractivity contribution in [2.75, 3.05) is 19.8 Å². The summed E-state index contributed by atoms with van der Waals surface area (Å²) in [6.45, 7) is 1.52. The molecule has 1 unspecified atom stereocenters. The van der Waals surface area contributed by atoms with Crippen LogP contribution in [0.25, 0.3) is 0 Å². The lowest BCUT2D eigenvalue weighted by atomic mass is 10.2. The lowest BCUT2D eigenvalue weighted by Gasteiger charge is -2.25. The number of aliphatic carboxylic acids is 1. The molecule has 8 heteroatoms. The van der Waals surface area contributed by atoms with Crippen LogP contribution in [-0.2, 0) is 19.6 Å². The summed E-state index contributed by atoms with van der Waals surface area (Å²) in [5.74, 6) is -1.37. The first-order chi connectivity index (χ1) is 10.3. The second-order valence-electron chi connectivity index (χ2n) is 5.24. The van der Waals surface area contributed by atoms with Gasteiger partial charge in [0.05, 0.1) is 6.61 Å². The maximum atomic E-state index is 12.8. The number of phenols is 1. The summed E-state index contributed by atoms with van der Waals surface area (Å²) in [7, 11) is -3.84. The highest BCUT2D eigenvalue weighted by Gasteiger charge is 2.37. The Morgan fingerprint density at radius 2 is 2.18 bits per heavy atom. The van der Waals surface area contributed by atoms with Gasteiger partial charge in [0.15, 0.2) is 0 Å². The van der Waals surface area contributed by atoms with Crippen molar-refractivity contribution in [3.63, 3.8) is 0 Å². The van der Waals surface area contributed by atoms with E-state index in [-0.39, 0.29) is 17.3 Å². The summed E-state index contributed by atoms with van der Waals surface area (Å²) in [5, 5.41) is 18.5. The van der Waals surface area contributed by atoms with Crippen LogP contribution in [0.2, 0.25) is 0 Å². The molecule has 22 heavy (non-hydrogen) atoms. The zero-order valence-corrected chi connectivity index (χ0v) is 13.0. The van der Waals surface area contributed by atoms with Crippen LogP contribution in [0.3, 0.4) is 0 Å². The van der Waals surface area contributed by atoms with Gasteiger partial charge in [-0.1, -0.05) is 12.1 Å². The molecule has 1 atom stereocenters. The Balaban J connectivity index is 2.22. The number of sulfonamides is 1. The molecule has 0 saturated carbocycles. The molecule has 1 aliphatic heterocycles. The molecular formula is C14H19NO6S. The summed E-state index contributed by atoms with van der Waals surface area (Å²) in [6.07, 6.45) is 1.28. The van der Waals surface area contributed by atoms with Crippen LogP contribution in [0.5, 0.6) is 5.75 Å². The monoisotopic (exact) mass is 329 g/mol. The molecule has 122 valence electrons. The first-order valence-corrected chi connectivity index (χ1v) is 8.38. The first-order valence-electron chi connectivity index (χ1n) is 6.94. The molecule has 0 spiro atoms. The van der Waals surface area contributed by atoms with Gasteiger partial charge in [-0.05, 0) is 31.4 Å². The van der Waals surface area contributed by atoms with E-state index in [1.165, 1.54) is 10.4 Å². The predicted octanol–water partition coefficient (Wildman–Crippen LogP) is 0.955. The van der Waals surface area contributed by atoms with Crippen LogP contribution in [0.1, 0.15) is 18.4 Å². The highest BCUT2D eigenvalue weighted by molar-refractivity contribution is 7.89. The van der Waals surface area contributed by atoms with Crippen LogP contribution in [0.4, 0.5) is 0 Å². The van der Waals surface area contributed by atoms with Crippen LogP contribution in [-0.4, -0.2) is 54.7 Å². The van der Waals surface area contributed by atoms with Gasteiger partial charge in [0.2, 0.25) is 10.0 Å². The summed E-state index contributed by atoms with van der Waals surface area (Å²) < 4.78 is 31.9. The fourth-order valence-electron chi connectivity index (χ4n) is 2.66. The molecule has 0 radical (unpaired) electrons. The van der Waals surface area contributed by atoms with Crippen molar-refractivity contribution in [1.82, 2.24) is 4.31 Å². The highest BCUT2D eigenvalue weighted by atomic mass is 32.2. The zero-order chi connectivity index (χ0) is 16.3. The van der Waals surface area contributed by atoms with Gasteiger partial charge in [0, 0.05) is 12.6 Å². The van der Waals surface area contributed by atoms with E-state index >= 15 is 0 Å². The summed E-state index contributed by atoms with van der Waals surface area (Å²) in [6, 6.07) is 4.13. The third kappa shape index (κ3) is 3.40. The Hall–Kier alpha value is -1.64. The highest BCUT2D eigenvalue weighted by Crippen LogP contribution is 2.33. The number of hydrogen-bond acceptors (Lipinski definition) is 5. The molecule has 0 aromatic heterocycles. The molecule has 2 N–H and O–H groups in total. The molecule has 0 amide bonds. The van der Waals surface area contributed by atoms with Crippen LogP contribution in [0.15, 0.2) is 23.1 Å². The second-order valence-corrected chi connectivity index (χ2v) is 7.07. The van der Waals surface area contributed by atoms with Gasteiger partial charge in [0.25, 0.3) is 0 Å². The van der Waals surface area contributed by atoms with Crippen LogP contribution >= 0.6 is 0 Å². The molecule has 7 nitrogen and oxygen atoms in total. The van der Waals surface area contributed by atoms with E-state index in [1.807, 2.05) is 0 Å². The second kappa shape index (κ2) is 6.64. The SMILES string of the molecule is Cc1cccc(O)c1S(=O)(=O)N1CCCC1COCC(=O)O. The molecule has 1 aromatic rings. The third-order valence-corrected chi connectivity index (χ3v) is 5.76. The van der Waals surface area contributed by atoms with Gasteiger partial charge < -0.3 is 14.9 Å². The molecule has 0 aliphatic carbocycles. The number of carboxylic acids is 1. The maximum Gasteiger partial charge on any atom is 0.329 e. The molecule has 1 aliphatic rings. The van der Waals surface area contributed by atoms with E-state index in [9.17, 15) is 18.3 Å². The quantitative estimate of drug-likeness (QED) is 0.805. The summed E-state index contributed by atoms with van der Waals surface area (Å²) in [5.41, 5.74) is 0.470. The Morgan fingerprint density at radius 1 is 1.45 bits per heavy atom. The number of ether oxygens (including phenoxy) is 1. The van der Waals surface area contributed by atoms with Crippen molar-refractivity contribution in [1.29, 1.82) is 0 Å². The van der Waals surface area contributed by atoms with Crippen molar-refractivity contribution >= 4 is 16.0 Å². The average Bonchev–Trinajstić information content (AvgIpc) is 2.87. The van der Waals surface area contributed by atoms with E-state index in [4.69, 9.17) is 9.84 Å². The maximum absolute atomic E-state index is 12.8. The third-order valence-electron chi connectivity index (χ3n) is 3.62. The Bertz CT molecular complexity index is 637. The Labute approximate surface area is 129 Å². The van der Waals surface area contributed by atoms with E-state index in [0.717, 1.165) is 0 Å². The van der Waals surface area contributed by atoms with Gasteiger partial charge in [-0.2, -0.15) is 4.31 Å². The van der Waals surface area contributed by atoms with Crippen molar-refractivity contribution in [3.05, 3.63) is 23.8 Å². The fraction of sp³-hybridized carbons (Fsp3) is 0.500. The number of carboxylic acid groups (broad SMARTS) is 1. The molecule has 2 rings (SSSR count). The largest absolute Gasteiger partial charge is 0.507 e. The molecule has 1 fully saturated rings.